The van der Waals surface area contributed by atoms with E-state index >= 15 is 0 Å². The third-order valence-corrected chi connectivity index (χ3v) is 4.76. The number of nitrogens with zero attached hydrogens (tertiary/aromatic N) is 1. The Balaban J connectivity index is 1.68. The summed E-state index contributed by atoms with van der Waals surface area (Å²) in [5.41, 5.74) is 0. The second-order valence-electron chi connectivity index (χ2n) is 7.04. The van der Waals surface area contributed by atoms with Crippen LogP contribution in [0.2, 0.25) is 0 Å². The van der Waals surface area contributed by atoms with Crippen molar-refractivity contribution in [2.75, 3.05) is 47.0 Å². The maximum absolute atomic E-state index is 12.1. The number of carbonyl (C=O) groups excluding carboxylic acids is 1. The summed E-state index contributed by atoms with van der Waals surface area (Å²) in [5.74, 6) is 0.643. The van der Waals surface area contributed by atoms with E-state index in [-0.39, 0.29) is 18.2 Å². The van der Waals surface area contributed by atoms with E-state index in [2.05, 4.69) is 15.5 Å². The molecule has 0 aromatic heterocycles. The first-order valence-electron chi connectivity index (χ1n) is 9.03. The maximum atomic E-state index is 12.1. The minimum Gasteiger partial charge on any atom is -0.379 e. The average molecular weight is 327 g/mol. The summed E-state index contributed by atoms with van der Waals surface area (Å²) in [7, 11) is 4.06. The van der Waals surface area contributed by atoms with Gasteiger partial charge in [-0.1, -0.05) is 19.3 Å². The highest BCUT2D eigenvalue weighted by Crippen LogP contribution is 2.22. The first-order valence-corrected chi connectivity index (χ1v) is 9.03. The normalized spacial score (nSPS) is 26.2. The summed E-state index contributed by atoms with van der Waals surface area (Å²) in [6.07, 6.45) is 7.30. The van der Waals surface area contributed by atoms with E-state index in [9.17, 15) is 4.79 Å². The summed E-state index contributed by atoms with van der Waals surface area (Å²) in [6, 6.07) is -0.149. The largest absolute Gasteiger partial charge is 0.379 e. The van der Waals surface area contributed by atoms with Crippen LogP contribution in [0, 0.1) is 5.92 Å². The molecule has 2 rings (SSSR count). The highest BCUT2D eigenvalue weighted by atomic mass is 16.5. The Labute approximate surface area is 140 Å². The lowest BCUT2D eigenvalue weighted by Gasteiger charge is -2.32. The van der Waals surface area contributed by atoms with Gasteiger partial charge in [-0.3, -0.25) is 0 Å². The van der Waals surface area contributed by atoms with Crippen molar-refractivity contribution in [1.82, 2.24) is 15.5 Å². The molecular formula is C17H33N3O3. The lowest BCUT2D eigenvalue weighted by atomic mass is 9.89. The molecule has 1 saturated heterocycles. The monoisotopic (exact) mass is 327 g/mol. The van der Waals surface area contributed by atoms with Gasteiger partial charge in [0, 0.05) is 19.7 Å². The number of rotatable bonds is 7. The van der Waals surface area contributed by atoms with Crippen molar-refractivity contribution in [3.05, 3.63) is 0 Å². The van der Waals surface area contributed by atoms with Gasteiger partial charge in [-0.15, -0.1) is 0 Å². The third kappa shape index (κ3) is 7.06. The van der Waals surface area contributed by atoms with Gasteiger partial charge in [0.1, 0.15) is 0 Å². The number of hydrogen-bond acceptors (Lipinski definition) is 4. The van der Waals surface area contributed by atoms with Crippen LogP contribution in [0.4, 0.5) is 4.79 Å². The van der Waals surface area contributed by atoms with Crippen LogP contribution >= 0.6 is 0 Å². The van der Waals surface area contributed by atoms with E-state index < -0.39 is 0 Å². The lowest BCUT2D eigenvalue weighted by Crippen LogP contribution is -2.54. The van der Waals surface area contributed by atoms with Crippen LogP contribution in [-0.2, 0) is 9.47 Å². The lowest BCUT2D eigenvalue weighted by molar-refractivity contribution is -0.0552. The Morgan fingerprint density at radius 3 is 2.74 bits per heavy atom. The van der Waals surface area contributed by atoms with Gasteiger partial charge in [-0.2, -0.15) is 0 Å². The molecular weight excluding hydrogens is 294 g/mol. The maximum Gasteiger partial charge on any atom is 0.315 e. The van der Waals surface area contributed by atoms with Crippen molar-refractivity contribution in [1.29, 1.82) is 0 Å². The molecule has 2 atom stereocenters. The molecule has 0 aromatic rings. The molecule has 1 heterocycles. The van der Waals surface area contributed by atoms with E-state index in [4.69, 9.17) is 9.47 Å². The molecule has 1 saturated carbocycles. The summed E-state index contributed by atoms with van der Waals surface area (Å²) in [4.78, 5) is 14.2. The number of likely N-dealkylation sites (N-methyl/N-ethyl adjacent to an activating group) is 1. The zero-order chi connectivity index (χ0) is 16.5. The molecule has 134 valence electrons. The fourth-order valence-corrected chi connectivity index (χ4v) is 3.29. The van der Waals surface area contributed by atoms with Gasteiger partial charge in [0.25, 0.3) is 0 Å². The minimum absolute atomic E-state index is 0.0455. The van der Waals surface area contributed by atoms with Gasteiger partial charge in [-0.25, -0.2) is 4.79 Å². The predicted octanol–water partition coefficient (Wildman–Crippen LogP) is 1.60. The van der Waals surface area contributed by atoms with Crippen LogP contribution in [0.3, 0.4) is 0 Å². The first-order chi connectivity index (χ1) is 11.1. The number of ether oxygens (including phenoxy) is 2. The van der Waals surface area contributed by atoms with Crippen LogP contribution in [0.5, 0.6) is 0 Å². The van der Waals surface area contributed by atoms with Crippen molar-refractivity contribution < 1.29 is 14.3 Å². The Kier molecular flexibility index (Phi) is 8.12. The third-order valence-electron chi connectivity index (χ3n) is 4.76. The minimum atomic E-state index is -0.0905. The van der Waals surface area contributed by atoms with Gasteiger partial charge in [-0.05, 0) is 39.3 Å². The number of urea groups is 1. The molecule has 2 N–H and O–H groups in total. The molecule has 1 aliphatic carbocycles. The molecule has 6 nitrogen and oxygen atoms in total. The SMILES string of the molecule is CN(C)CCO[C@H]1CCOC[C@H]1NC(=O)NCC1CCCCC1. The van der Waals surface area contributed by atoms with Crippen molar-refractivity contribution >= 4 is 6.03 Å². The zero-order valence-electron chi connectivity index (χ0n) is 14.7. The molecule has 0 radical (unpaired) electrons. The molecule has 0 spiro atoms. The number of carbonyl (C=O) groups is 1. The fourth-order valence-electron chi connectivity index (χ4n) is 3.29. The molecule has 1 aliphatic heterocycles. The van der Waals surface area contributed by atoms with Crippen molar-refractivity contribution in [2.24, 2.45) is 5.92 Å². The van der Waals surface area contributed by atoms with Crippen LogP contribution in [-0.4, -0.2) is 70.1 Å². The number of hydrogen-bond donors (Lipinski definition) is 2. The van der Waals surface area contributed by atoms with E-state index in [0.717, 1.165) is 19.5 Å². The highest BCUT2D eigenvalue weighted by molar-refractivity contribution is 5.74. The van der Waals surface area contributed by atoms with Gasteiger partial charge >= 0.3 is 6.03 Å². The molecule has 6 heteroatoms. The first kappa shape index (κ1) is 18.5. The standard InChI is InChI=1S/C17H33N3O3/c1-20(2)9-11-23-16-8-10-22-13-15(16)19-17(21)18-12-14-6-4-3-5-7-14/h14-16H,3-13H2,1-2H3,(H2,18,19,21)/t15-,16+/m1/s1. The number of amides is 2. The van der Waals surface area contributed by atoms with Crippen LogP contribution < -0.4 is 10.6 Å². The second-order valence-corrected chi connectivity index (χ2v) is 7.04. The summed E-state index contributed by atoms with van der Waals surface area (Å²) >= 11 is 0. The summed E-state index contributed by atoms with van der Waals surface area (Å²) in [5, 5.41) is 6.06. The smallest absolute Gasteiger partial charge is 0.315 e. The van der Waals surface area contributed by atoms with Crippen molar-refractivity contribution in [3.63, 3.8) is 0 Å². The van der Waals surface area contributed by atoms with Crippen molar-refractivity contribution in [2.45, 2.75) is 50.7 Å². The van der Waals surface area contributed by atoms with E-state index in [1.807, 2.05) is 14.1 Å². The van der Waals surface area contributed by atoms with Gasteiger partial charge in [0.2, 0.25) is 0 Å². The van der Waals surface area contributed by atoms with Gasteiger partial charge in [0.15, 0.2) is 0 Å². The molecule has 0 bridgehead atoms. The molecule has 0 unspecified atom stereocenters. The molecule has 0 aromatic carbocycles. The summed E-state index contributed by atoms with van der Waals surface area (Å²) < 4.78 is 11.4. The zero-order valence-corrected chi connectivity index (χ0v) is 14.7. The van der Waals surface area contributed by atoms with E-state index in [1.54, 1.807) is 0 Å². The quantitative estimate of drug-likeness (QED) is 0.746. The second kappa shape index (κ2) is 10.1. The average Bonchev–Trinajstić information content (AvgIpc) is 2.55. The number of nitrogens with one attached hydrogen (secondary N) is 2. The van der Waals surface area contributed by atoms with Gasteiger partial charge in [0.05, 0.1) is 25.4 Å². The molecule has 2 fully saturated rings. The Morgan fingerprint density at radius 1 is 1.22 bits per heavy atom. The van der Waals surface area contributed by atoms with Gasteiger partial charge < -0.3 is 25.0 Å². The molecule has 2 aliphatic rings. The Bertz CT molecular complexity index is 346. The molecule has 2 amide bonds. The van der Waals surface area contributed by atoms with Crippen LogP contribution in [0.15, 0.2) is 0 Å². The molecule has 23 heavy (non-hydrogen) atoms. The van der Waals surface area contributed by atoms with E-state index in [0.29, 0.717) is 25.7 Å². The van der Waals surface area contributed by atoms with E-state index in [1.165, 1.54) is 32.1 Å². The van der Waals surface area contributed by atoms with Crippen LogP contribution in [0.1, 0.15) is 38.5 Å². The summed E-state index contributed by atoms with van der Waals surface area (Å²) in [6.45, 7) is 3.58. The topological polar surface area (TPSA) is 62.8 Å². The highest BCUT2D eigenvalue weighted by Gasteiger charge is 2.28. The van der Waals surface area contributed by atoms with Crippen molar-refractivity contribution in [3.8, 4) is 0 Å². The fraction of sp³-hybridized carbons (Fsp3) is 0.941. The Morgan fingerprint density at radius 2 is 2.00 bits per heavy atom. The predicted molar refractivity (Wildman–Crippen MR) is 90.6 cm³/mol. The van der Waals surface area contributed by atoms with Crippen LogP contribution in [0.25, 0.3) is 0 Å². The Hall–Kier alpha value is -0.850.